The molecule has 0 saturated heterocycles. The van der Waals surface area contributed by atoms with Crippen molar-refractivity contribution in [2.24, 2.45) is 0 Å². The number of anilines is 1. The van der Waals surface area contributed by atoms with Crippen LogP contribution in [-0.4, -0.2) is 18.5 Å². The van der Waals surface area contributed by atoms with Crippen LogP contribution in [0.4, 0.5) is 18.6 Å². The van der Waals surface area contributed by atoms with E-state index in [1.54, 1.807) is 20.8 Å². The van der Waals surface area contributed by atoms with Gasteiger partial charge in [0.15, 0.2) is 0 Å². The van der Waals surface area contributed by atoms with Crippen LogP contribution in [0.5, 0.6) is 0 Å². The molecule has 0 bridgehead atoms. The number of hydrogen-bond donors (Lipinski definition) is 1. The molecule has 1 aromatic carbocycles. The summed E-state index contributed by atoms with van der Waals surface area (Å²) in [5, 5.41) is 0. The second kappa shape index (κ2) is 6.83. The maximum Gasteiger partial charge on any atom is 1.00 e. The molecule has 0 saturated carbocycles. The summed E-state index contributed by atoms with van der Waals surface area (Å²) >= 11 is 0. The van der Waals surface area contributed by atoms with Gasteiger partial charge in [0.25, 0.3) is 0 Å². The van der Waals surface area contributed by atoms with Crippen LogP contribution in [0.1, 0.15) is 36.7 Å². The number of hydrogen-bond acceptors (Lipinski definition) is 3. The second-order valence-corrected chi connectivity index (χ2v) is 5.36. The largest absolute Gasteiger partial charge is 1.00 e. The van der Waals surface area contributed by atoms with Crippen LogP contribution >= 0.6 is 0 Å². The Balaban J connectivity index is 0.00000361. The van der Waals surface area contributed by atoms with Gasteiger partial charge in [-0.05, 0) is 33.3 Å². The summed E-state index contributed by atoms with van der Waals surface area (Å²) in [5.41, 5.74) is 3.91. The summed E-state index contributed by atoms with van der Waals surface area (Å²) in [5.74, 6) is -0.807. The zero-order chi connectivity index (χ0) is 15.0. The van der Waals surface area contributed by atoms with Gasteiger partial charge < -0.3 is 23.4 Å². The first-order valence-electron chi connectivity index (χ1n) is 5.75. The number of ether oxygens (including phenoxy) is 1. The number of nitrogen functional groups attached to an aromatic ring is 1. The Morgan fingerprint density at radius 3 is 2.15 bits per heavy atom. The van der Waals surface area contributed by atoms with Gasteiger partial charge in [0.05, 0.1) is 5.56 Å². The molecule has 0 amide bonds. The van der Waals surface area contributed by atoms with Crippen molar-refractivity contribution >= 4 is 24.1 Å². The van der Waals surface area contributed by atoms with E-state index >= 15 is 0 Å². The van der Waals surface area contributed by atoms with E-state index < -0.39 is 24.0 Å². The predicted octanol–water partition coefficient (Wildman–Crippen LogP) is -0.409. The van der Waals surface area contributed by atoms with Crippen LogP contribution in [0.15, 0.2) is 12.1 Å². The van der Waals surface area contributed by atoms with E-state index in [4.69, 9.17) is 10.5 Å². The van der Waals surface area contributed by atoms with Gasteiger partial charge >= 0.3 is 64.3 Å². The smallest absolute Gasteiger partial charge is 0.456 e. The van der Waals surface area contributed by atoms with Crippen LogP contribution < -0.4 is 62.6 Å². The monoisotopic (exact) mass is 313 g/mol. The van der Waals surface area contributed by atoms with Crippen molar-refractivity contribution in [3.63, 3.8) is 0 Å². The van der Waals surface area contributed by atoms with E-state index in [9.17, 15) is 17.7 Å². The van der Waals surface area contributed by atoms with Crippen molar-refractivity contribution in [3.8, 4) is 0 Å². The molecular weight excluding hydrogens is 297 g/mol. The van der Waals surface area contributed by atoms with Gasteiger partial charge in [-0.2, -0.15) is 0 Å². The van der Waals surface area contributed by atoms with Gasteiger partial charge in [-0.25, -0.2) is 4.79 Å². The Hall–Kier alpha value is -0.0187. The third-order valence-electron chi connectivity index (χ3n) is 2.47. The average molecular weight is 313 g/mol. The molecule has 106 valence electrons. The maximum absolute atomic E-state index is 12.7. The third kappa shape index (κ3) is 5.40. The van der Waals surface area contributed by atoms with Gasteiger partial charge in [0.2, 0.25) is 0 Å². The van der Waals surface area contributed by atoms with Crippen molar-refractivity contribution in [1.82, 2.24) is 0 Å². The number of rotatable bonds is 2. The number of carbonyl (C=O) groups excluding carboxylic acids is 1. The molecule has 0 fully saturated rings. The Morgan fingerprint density at radius 1 is 1.25 bits per heavy atom. The molecule has 0 aliphatic carbocycles. The van der Waals surface area contributed by atoms with Gasteiger partial charge in [-0.1, -0.05) is 12.1 Å². The third-order valence-corrected chi connectivity index (χ3v) is 2.47. The summed E-state index contributed by atoms with van der Waals surface area (Å²) in [6, 6.07) is 1.63. The number of carbonyl (C=O) groups is 1. The van der Waals surface area contributed by atoms with E-state index in [0.717, 1.165) is 12.1 Å². The molecule has 0 aliphatic heterocycles. The Kier molecular flexibility index (Phi) is 6.82. The van der Waals surface area contributed by atoms with E-state index in [1.807, 2.05) is 0 Å². The standard InChI is InChI=1S/C12H16BF3NO2.K/c1-7-9(11(18)19-12(2,3)4)5-8(6-10(7)17)13(14,15)16;/h5-6H,17H2,1-4H3;/q-1;+1. The first kappa shape index (κ1) is 20.0. The SMILES string of the molecule is Cc1c(N)cc([B-](F)(F)F)cc1C(=O)OC(C)(C)C.[K+]. The molecule has 0 unspecified atom stereocenters. The average Bonchev–Trinajstić information content (AvgIpc) is 2.17. The molecule has 1 rings (SSSR count). The molecule has 2 N–H and O–H groups in total. The Labute approximate surface area is 158 Å². The first-order valence-corrected chi connectivity index (χ1v) is 5.75. The van der Waals surface area contributed by atoms with Gasteiger partial charge in [-0.3, -0.25) is 0 Å². The van der Waals surface area contributed by atoms with Gasteiger partial charge in [0, 0.05) is 5.69 Å². The fourth-order valence-corrected chi connectivity index (χ4v) is 1.49. The fraction of sp³-hybridized carbons (Fsp3) is 0.417. The van der Waals surface area contributed by atoms with Crippen molar-refractivity contribution in [3.05, 3.63) is 23.3 Å². The van der Waals surface area contributed by atoms with E-state index in [0.29, 0.717) is 0 Å². The van der Waals surface area contributed by atoms with E-state index in [1.165, 1.54) is 6.92 Å². The number of halogens is 3. The van der Waals surface area contributed by atoms with Crippen molar-refractivity contribution in [2.45, 2.75) is 33.3 Å². The van der Waals surface area contributed by atoms with Crippen molar-refractivity contribution in [1.29, 1.82) is 0 Å². The molecular formula is C12H16BF3KNO2. The van der Waals surface area contributed by atoms with E-state index in [2.05, 4.69) is 0 Å². The van der Waals surface area contributed by atoms with Gasteiger partial charge in [-0.15, -0.1) is 5.46 Å². The minimum atomic E-state index is -5.21. The molecule has 3 nitrogen and oxygen atoms in total. The minimum absolute atomic E-state index is 0. The Morgan fingerprint density at radius 2 is 1.75 bits per heavy atom. The number of nitrogens with two attached hydrogens (primary N) is 1. The normalized spacial score (nSPS) is 11.8. The molecule has 1 aromatic rings. The second-order valence-electron chi connectivity index (χ2n) is 5.36. The summed E-state index contributed by atoms with van der Waals surface area (Å²) < 4.78 is 43.3. The fourth-order valence-electron chi connectivity index (χ4n) is 1.49. The molecule has 20 heavy (non-hydrogen) atoms. The van der Waals surface area contributed by atoms with Gasteiger partial charge in [0.1, 0.15) is 5.60 Å². The van der Waals surface area contributed by atoms with Crippen molar-refractivity contribution < 1.29 is 73.9 Å². The molecule has 0 atom stereocenters. The first-order chi connectivity index (χ1) is 8.42. The van der Waals surface area contributed by atoms with Crippen LogP contribution in [0, 0.1) is 6.92 Å². The number of benzene rings is 1. The summed E-state index contributed by atoms with van der Waals surface area (Å²) in [6.45, 7) is 1.20. The van der Waals surface area contributed by atoms with Crippen LogP contribution in [0.2, 0.25) is 0 Å². The molecule has 8 heteroatoms. The molecule has 0 heterocycles. The summed E-state index contributed by atoms with van der Waals surface area (Å²) in [4.78, 5) is 11.9. The van der Waals surface area contributed by atoms with E-state index in [-0.39, 0.29) is 68.2 Å². The summed E-state index contributed by atoms with van der Waals surface area (Å²) in [6.07, 6.45) is 0. The van der Waals surface area contributed by atoms with Crippen LogP contribution in [0.3, 0.4) is 0 Å². The van der Waals surface area contributed by atoms with Crippen LogP contribution in [0.25, 0.3) is 0 Å². The molecule has 0 aromatic heterocycles. The predicted molar refractivity (Wildman–Crippen MR) is 69.5 cm³/mol. The molecule has 0 radical (unpaired) electrons. The van der Waals surface area contributed by atoms with Crippen molar-refractivity contribution in [2.75, 3.05) is 5.73 Å². The maximum atomic E-state index is 12.7. The zero-order valence-electron chi connectivity index (χ0n) is 12.3. The topological polar surface area (TPSA) is 52.3 Å². The zero-order valence-corrected chi connectivity index (χ0v) is 15.4. The molecule has 0 spiro atoms. The Bertz CT molecular complexity index is 513. The quantitative estimate of drug-likeness (QED) is 0.459. The molecule has 0 aliphatic rings. The number of esters is 1. The van der Waals surface area contributed by atoms with Crippen LogP contribution in [-0.2, 0) is 4.74 Å². The summed E-state index contributed by atoms with van der Waals surface area (Å²) in [7, 11) is 0. The minimum Gasteiger partial charge on any atom is -0.456 e.